The molecular weight excluding hydrogens is 246 g/mol. The minimum atomic E-state index is 0.565. The molecule has 1 N–H and O–H groups in total. The van der Waals surface area contributed by atoms with Crippen LogP contribution in [0.3, 0.4) is 0 Å². The number of ether oxygens (including phenoxy) is 1. The second-order valence-corrected chi connectivity index (χ2v) is 7.01. The zero-order valence-corrected chi connectivity index (χ0v) is 12.8. The third-order valence-electron chi connectivity index (χ3n) is 5.34. The van der Waals surface area contributed by atoms with Gasteiger partial charge in [-0.15, -0.1) is 0 Å². The maximum Gasteiger partial charge on any atom is 0.122 e. The van der Waals surface area contributed by atoms with Crippen molar-refractivity contribution >= 4 is 0 Å². The summed E-state index contributed by atoms with van der Waals surface area (Å²) < 4.78 is 5.47. The monoisotopic (exact) mass is 273 g/mol. The maximum absolute atomic E-state index is 5.47. The molecule has 2 aliphatic carbocycles. The lowest BCUT2D eigenvalue weighted by molar-refractivity contribution is 0.231. The zero-order valence-electron chi connectivity index (χ0n) is 12.8. The van der Waals surface area contributed by atoms with Crippen LogP contribution in [0.1, 0.15) is 56.9 Å². The van der Waals surface area contributed by atoms with Gasteiger partial charge in [0.1, 0.15) is 5.75 Å². The average molecular weight is 273 g/mol. The molecule has 20 heavy (non-hydrogen) atoms. The van der Waals surface area contributed by atoms with Gasteiger partial charge in [0.2, 0.25) is 0 Å². The van der Waals surface area contributed by atoms with Crippen LogP contribution in [0.25, 0.3) is 0 Å². The molecule has 2 heteroatoms. The largest absolute Gasteiger partial charge is 0.496 e. The van der Waals surface area contributed by atoms with Gasteiger partial charge in [-0.3, -0.25) is 0 Å². The Balaban J connectivity index is 1.49. The van der Waals surface area contributed by atoms with Crippen molar-refractivity contribution < 1.29 is 4.74 Å². The van der Waals surface area contributed by atoms with E-state index in [1.807, 2.05) is 0 Å². The Labute approximate surface area is 122 Å². The summed E-state index contributed by atoms with van der Waals surface area (Å²) in [6, 6.07) is 9.19. The van der Waals surface area contributed by atoms with Crippen LogP contribution in [0.5, 0.6) is 5.75 Å². The van der Waals surface area contributed by atoms with E-state index in [2.05, 4.69) is 36.5 Å². The van der Waals surface area contributed by atoms with E-state index in [0.29, 0.717) is 17.4 Å². The van der Waals surface area contributed by atoms with Crippen LogP contribution < -0.4 is 10.1 Å². The molecular formula is C18H27NO. The summed E-state index contributed by atoms with van der Waals surface area (Å²) in [7, 11) is 1.77. The van der Waals surface area contributed by atoms with Crippen molar-refractivity contribution in [2.45, 2.75) is 57.4 Å². The summed E-state index contributed by atoms with van der Waals surface area (Å²) >= 11 is 0. The summed E-state index contributed by atoms with van der Waals surface area (Å²) in [6.07, 6.45) is 8.18. The summed E-state index contributed by atoms with van der Waals surface area (Å²) in [6.45, 7) is 3.65. The quantitative estimate of drug-likeness (QED) is 0.871. The molecule has 2 saturated carbocycles. The third-order valence-corrected chi connectivity index (χ3v) is 5.34. The standard InChI is InChI=1S/C18H27NO/c1-18(9-5-6-10-18)13-19-15-11-14(12-15)16-7-3-4-8-17(16)20-2/h3-4,7-8,14-15,19H,5-6,9-13H2,1-2H3. The van der Waals surface area contributed by atoms with Gasteiger partial charge in [0.15, 0.2) is 0 Å². The smallest absolute Gasteiger partial charge is 0.122 e. The molecule has 1 aromatic carbocycles. The summed E-state index contributed by atoms with van der Waals surface area (Å²) in [5.41, 5.74) is 1.95. The maximum atomic E-state index is 5.47. The predicted molar refractivity (Wildman–Crippen MR) is 83.3 cm³/mol. The highest BCUT2D eigenvalue weighted by Crippen LogP contribution is 2.42. The molecule has 0 aromatic heterocycles. The fourth-order valence-electron chi connectivity index (χ4n) is 3.84. The Kier molecular flexibility index (Phi) is 4.02. The minimum Gasteiger partial charge on any atom is -0.496 e. The lowest BCUT2D eigenvalue weighted by Crippen LogP contribution is -2.44. The number of methoxy groups -OCH3 is 1. The third kappa shape index (κ3) is 2.85. The minimum absolute atomic E-state index is 0.565. The molecule has 0 unspecified atom stereocenters. The highest BCUT2D eigenvalue weighted by atomic mass is 16.5. The van der Waals surface area contributed by atoms with E-state index >= 15 is 0 Å². The van der Waals surface area contributed by atoms with E-state index < -0.39 is 0 Å². The first-order valence-electron chi connectivity index (χ1n) is 8.06. The van der Waals surface area contributed by atoms with Crippen molar-refractivity contribution in [1.82, 2.24) is 5.32 Å². The first-order valence-corrected chi connectivity index (χ1v) is 8.06. The Morgan fingerprint density at radius 2 is 1.90 bits per heavy atom. The van der Waals surface area contributed by atoms with Gasteiger partial charge in [0, 0.05) is 12.6 Å². The van der Waals surface area contributed by atoms with Gasteiger partial charge < -0.3 is 10.1 Å². The van der Waals surface area contributed by atoms with Crippen LogP contribution in [0.2, 0.25) is 0 Å². The number of para-hydroxylation sites is 1. The highest BCUT2D eigenvalue weighted by Gasteiger charge is 2.34. The molecule has 0 aliphatic heterocycles. The molecule has 1 aromatic rings. The Bertz CT molecular complexity index is 444. The Morgan fingerprint density at radius 3 is 2.60 bits per heavy atom. The van der Waals surface area contributed by atoms with Crippen molar-refractivity contribution in [3.8, 4) is 5.75 Å². The Morgan fingerprint density at radius 1 is 1.20 bits per heavy atom. The van der Waals surface area contributed by atoms with Gasteiger partial charge in [-0.1, -0.05) is 38.0 Å². The van der Waals surface area contributed by atoms with E-state index in [4.69, 9.17) is 4.74 Å². The topological polar surface area (TPSA) is 21.3 Å². The number of nitrogens with one attached hydrogen (secondary N) is 1. The van der Waals surface area contributed by atoms with E-state index in [-0.39, 0.29) is 0 Å². The molecule has 2 nitrogen and oxygen atoms in total. The van der Waals surface area contributed by atoms with Crippen LogP contribution in [0.4, 0.5) is 0 Å². The number of rotatable bonds is 5. The van der Waals surface area contributed by atoms with Gasteiger partial charge in [0.25, 0.3) is 0 Å². The van der Waals surface area contributed by atoms with Crippen LogP contribution in [0, 0.1) is 5.41 Å². The van der Waals surface area contributed by atoms with Crippen LogP contribution in [0.15, 0.2) is 24.3 Å². The number of hydrogen-bond donors (Lipinski definition) is 1. The second-order valence-electron chi connectivity index (χ2n) is 7.01. The summed E-state index contributed by atoms with van der Waals surface area (Å²) in [5, 5.41) is 3.80. The molecule has 0 heterocycles. The van der Waals surface area contributed by atoms with E-state index in [1.165, 1.54) is 50.6 Å². The fraction of sp³-hybridized carbons (Fsp3) is 0.667. The van der Waals surface area contributed by atoms with Gasteiger partial charge in [-0.25, -0.2) is 0 Å². The van der Waals surface area contributed by atoms with Crippen molar-refractivity contribution in [1.29, 1.82) is 0 Å². The normalized spacial score (nSPS) is 28.1. The van der Waals surface area contributed by atoms with Gasteiger partial charge in [0.05, 0.1) is 7.11 Å². The van der Waals surface area contributed by atoms with Crippen molar-refractivity contribution in [2.75, 3.05) is 13.7 Å². The van der Waals surface area contributed by atoms with E-state index in [0.717, 1.165) is 5.75 Å². The second kappa shape index (κ2) is 5.77. The first kappa shape index (κ1) is 13.9. The predicted octanol–water partition coefficient (Wildman–Crippen LogP) is 4.11. The molecule has 110 valence electrons. The molecule has 3 rings (SSSR count). The van der Waals surface area contributed by atoms with Gasteiger partial charge in [-0.05, 0) is 48.6 Å². The fourth-order valence-corrected chi connectivity index (χ4v) is 3.84. The molecule has 0 radical (unpaired) electrons. The number of benzene rings is 1. The first-order chi connectivity index (χ1) is 9.70. The highest BCUT2D eigenvalue weighted by molar-refractivity contribution is 5.37. The Hall–Kier alpha value is -1.02. The zero-order chi connectivity index (χ0) is 14.0. The molecule has 2 fully saturated rings. The summed E-state index contributed by atoms with van der Waals surface area (Å²) in [4.78, 5) is 0. The van der Waals surface area contributed by atoms with E-state index in [9.17, 15) is 0 Å². The number of hydrogen-bond acceptors (Lipinski definition) is 2. The van der Waals surface area contributed by atoms with Crippen molar-refractivity contribution in [3.05, 3.63) is 29.8 Å². The van der Waals surface area contributed by atoms with Gasteiger partial charge in [-0.2, -0.15) is 0 Å². The lowest BCUT2D eigenvalue weighted by Gasteiger charge is -2.39. The van der Waals surface area contributed by atoms with Crippen molar-refractivity contribution in [3.63, 3.8) is 0 Å². The van der Waals surface area contributed by atoms with Crippen LogP contribution in [-0.4, -0.2) is 19.7 Å². The molecule has 0 amide bonds. The van der Waals surface area contributed by atoms with Crippen LogP contribution >= 0.6 is 0 Å². The molecule has 0 saturated heterocycles. The average Bonchev–Trinajstić information content (AvgIpc) is 2.84. The SMILES string of the molecule is COc1ccccc1C1CC(NCC2(C)CCCC2)C1. The molecule has 0 bridgehead atoms. The van der Waals surface area contributed by atoms with Gasteiger partial charge >= 0.3 is 0 Å². The van der Waals surface area contributed by atoms with Crippen LogP contribution in [-0.2, 0) is 0 Å². The van der Waals surface area contributed by atoms with E-state index in [1.54, 1.807) is 7.11 Å². The van der Waals surface area contributed by atoms with Crippen molar-refractivity contribution in [2.24, 2.45) is 5.41 Å². The summed E-state index contributed by atoms with van der Waals surface area (Å²) in [5.74, 6) is 1.73. The molecule has 2 aliphatic rings. The molecule has 0 spiro atoms. The molecule has 0 atom stereocenters. The lowest BCUT2D eigenvalue weighted by atomic mass is 9.75.